The number of hydrogen-bond donors (Lipinski definition) is 1. The maximum atomic E-state index is 12.4. The first kappa shape index (κ1) is 12.9. The third kappa shape index (κ3) is 2.24. The van der Waals surface area contributed by atoms with Crippen molar-refractivity contribution >= 4 is 34.4 Å². The van der Waals surface area contributed by atoms with Gasteiger partial charge in [-0.3, -0.25) is 9.59 Å². The van der Waals surface area contributed by atoms with Crippen LogP contribution in [0, 0.1) is 3.57 Å². The zero-order chi connectivity index (χ0) is 13.4. The molecule has 2 aliphatic heterocycles. The van der Waals surface area contributed by atoms with E-state index in [4.69, 9.17) is 0 Å². The lowest BCUT2D eigenvalue weighted by Crippen LogP contribution is -2.45. The number of hydrogen-bond acceptors (Lipinski definition) is 2. The van der Waals surface area contributed by atoms with E-state index in [0.717, 1.165) is 40.5 Å². The van der Waals surface area contributed by atoms with Gasteiger partial charge >= 0.3 is 0 Å². The van der Waals surface area contributed by atoms with E-state index in [2.05, 4.69) is 27.9 Å². The van der Waals surface area contributed by atoms with Gasteiger partial charge in [-0.1, -0.05) is 6.07 Å². The van der Waals surface area contributed by atoms with E-state index in [1.165, 1.54) is 0 Å². The average Bonchev–Trinajstić information content (AvgIpc) is 2.59. The van der Waals surface area contributed by atoms with Crippen LogP contribution in [0.15, 0.2) is 18.2 Å². The van der Waals surface area contributed by atoms with Crippen molar-refractivity contribution < 1.29 is 9.59 Å². The molecule has 0 radical (unpaired) electrons. The summed E-state index contributed by atoms with van der Waals surface area (Å²) < 4.78 is 1.10. The maximum absolute atomic E-state index is 12.4. The Hall–Kier alpha value is -1.11. The fourth-order valence-corrected chi connectivity index (χ4v) is 3.46. The molecule has 1 aromatic carbocycles. The normalized spacial score (nSPS) is 23.0. The number of carbonyl (C=O) groups excluding carboxylic acids is 2. The highest BCUT2D eigenvalue weighted by Gasteiger charge is 2.37. The summed E-state index contributed by atoms with van der Waals surface area (Å²) in [5, 5.41) is 2.90. The number of fused-ring (bicyclic) bond motifs is 1. The molecule has 2 aliphatic rings. The van der Waals surface area contributed by atoms with E-state index in [-0.39, 0.29) is 17.9 Å². The van der Waals surface area contributed by atoms with Crippen LogP contribution in [0.5, 0.6) is 0 Å². The van der Waals surface area contributed by atoms with Crippen molar-refractivity contribution in [2.24, 2.45) is 0 Å². The first-order chi connectivity index (χ1) is 9.18. The standard InChI is InChI=1S/C14H15IN2O2/c15-11-5-3-4-9-10(11)8-17(14(9)19)12-6-1-2-7-16-13(12)18/h3-5,12H,1-2,6-8H2,(H,16,18)/t12-/m0/s1. The van der Waals surface area contributed by atoms with Gasteiger partial charge in [-0.05, 0) is 59.5 Å². The molecule has 1 N–H and O–H groups in total. The quantitative estimate of drug-likeness (QED) is 0.768. The molecule has 0 aliphatic carbocycles. The number of nitrogens with zero attached hydrogens (tertiary/aromatic N) is 1. The van der Waals surface area contributed by atoms with Gasteiger partial charge in [0.1, 0.15) is 6.04 Å². The van der Waals surface area contributed by atoms with Crippen LogP contribution < -0.4 is 5.32 Å². The van der Waals surface area contributed by atoms with Crippen molar-refractivity contribution in [2.45, 2.75) is 31.8 Å². The predicted octanol–water partition coefficient (Wildman–Crippen LogP) is 1.92. The molecule has 1 aromatic rings. The van der Waals surface area contributed by atoms with E-state index in [9.17, 15) is 9.59 Å². The smallest absolute Gasteiger partial charge is 0.255 e. The molecule has 0 aromatic heterocycles. The zero-order valence-electron chi connectivity index (χ0n) is 10.5. The molecule has 5 heteroatoms. The van der Waals surface area contributed by atoms with Crippen LogP contribution in [-0.4, -0.2) is 29.3 Å². The molecule has 4 nitrogen and oxygen atoms in total. The van der Waals surface area contributed by atoms with Crippen LogP contribution >= 0.6 is 22.6 Å². The summed E-state index contributed by atoms with van der Waals surface area (Å²) >= 11 is 2.25. The summed E-state index contributed by atoms with van der Waals surface area (Å²) in [6, 6.07) is 5.45. The third-order valence-corrected chi connectivity index (χ3v) is 4.83. The largest absolute Gasteiger partial charge is 0.354 e. The fourth-order valence-electron chi connectivity index (χ4n) is 2.79. The molecule has 2 amide bonds. The molecule has 1 atom stereocenters. The minimum absolute atomic E-state index is 0.00411. The van der Waals surface area contributed by atoms with E-state index in [1.54, 1.807) is 4.90 Å². The number of rotatable bonds is 1. The number of amides is 2. The Morgan fingerprint density at radius 1 is 1.26 bits per heavy atom. The maximum Gasteiger partial charge on any atom is 0.255 e. The lowest BCUT2D eigenvalue weighted by molar-refractivity contribution is -0.125. The molecular weight excluding hydrogens is 355 g/mol. The second kappa shape index (κ2) is 5.11. The molecule has 1 saturated heterocycles. The molecule has 0 unspecified atom stereocenters. The Morgan fingerprint density at radius 2 is 2.11 bits per heavy atom. The van der Waals surface area contributed by atoms with Crippen molar-refractivity contribution in [1.29, 1.82) is 0 Å². The molecule has 1 fully saturated rings. The van der Waals surface area contributed by atoms with Gasteiger partial charge in [-0.15, -0.1) is 0 Å². The van der Waals surface area contributed by atoms with E-state index in [0.29, 0.717) is 6.54 Å². The Labute approximate surface area is 125 Å². The predicted molar refractivity (Wildman–Crippen MR) is 79.7 cm³/mol. The molecule has 0 bridgehead atoms. The lowest BCUT2D eigenvalue weighted by atomic mass is 10.1. The molecule has 19 heavy (non-hydrogen) atoms. The van der Waals surface area contributed by atoms with Crippen LogP contribution in [0.1, 0.15) is 35.2 Å². The van der Waals surface area contributed by atoms with Crippen LogP contribution in [-0.2, 0) is 11.3 Å². The van der Waals surface area contributed by atoms with Gasteiger partial charge in [0.25, 0.3) is 5.91 Å². The van der Waals surface area contributed by atoms with Gasteiger partial charge in [-0.2, -0.15) is 0 Å². The monoisotopic (exact) mass is 370 g/mol. The second-order valence-corrected chi connectivity index (χ2v) is 6.16. The van der Waals surface area contributed by atoms with Crippen LogP contribution in [0.2, 0.25) is 0 Å². The van der Waals surface area contributed by atoms with Gasteiger partial charge in [0.15, 0.2) is 0 Å². The Balaban J connectivity index is 1.90. The Bertz CT molecular complexity index is 544. The number of benzene rings is 1. The molecule has 100 valence electrons. The summed E-state index contributed by atoms with van der Waals surface area (Å²) in [7, 11) is 0. The molecule has 3 rings (SSSR count). The molecule has 2 heterocycles. The Morgan fingerprint density at radius 3 is 2.89 bits per heavy atom. The van der Waals surface area contributed by atoms with Gasteiger partial charge in [0.2, 0.25) is 5.91 Å². The summed E-state index contributed by atoms with van der Waals surface area (Å²) in [6.45, 7) is 1.28. The molecule has 0 spiro atoms. The number of carbonyl (C=O) groups is 2. The minimum Gasteiger partial charge on any atom is -0.354 e. The van der Waals surface area contributed by atoms with E-state index >= 15 is 0 Å². The van der Waals surface area contributed by atoms with Gasteiger partial charge in [0, 0.05) is 22.2 Å². The van der Waals surface area contributed by atoms with Crippen molar-refractivity contribution in [2.75, 3.05) is 6.54 Å². The van der Waals surface area contributed by atoms with E-state index in [1.807, 2.05) is 18.2 Å². The van der Waals surface area contributed by atoms with Crippen molar-refractivity contribution in [3.63, 3.8) is 0 Å². The van der Waals surface area contributed by atoms with Crippen molar-refractivity contribution in [3.05, 3.63) is 32.9 Å². The lowest BCUT2D eigenvalue weighted by Gasteiger charge is -2.25. The van der Waals surface area contributed by atoms with Gasteiger partial charge in [-0.25, -0.2) is 0 Å². The number of halogens is 1. The SMILES string of the molecule is O=C1NCCCC[C@@H]1N1Cc2c(I)cccc2C1=O. The average molecular weight is 370 g/mol. The summed E-state index contributed by atoms with van der Waals surface area (Å²) in [5.74, 6) is -0.00997. The fraction of sp³-hybridized carbons (Fsp3) is 0.429. The summed E-state index contributed by atoms with van der Waals surface area (Å²) in [6.07, 6.45) is 2.75. The van der Waals surface area contributed by atoms with Gasteiger partial charge < -0.3 is 10.2 Å². The topological polar surface area (TPSA) is 49.4 Å². The highest BCUT2D eigenvalue weighted by molar-refractivity contribution is 14.1. The zero-order valence-corrected chi connectivity index (χ0v) is 12.6. The molecule has 0 saturated carbocycles. The molecular formula is C14H15IN2O2. The van der Waals surface area contributed by atoms with E-state index < -0.39 is 0 Å². The van der Waals surface area contributed by atoms with Gasteiger partial charge in [0.05, 0.1) is 0 Å². The number of nitrogens with one attached hydrogen (secondary N) is 1. The highest BCUT2D eigenvalue weighted by atomic mass is 127. The van der Waals surface area contributed by atoms with Crippen LogP contribution in [0.4, 0.5) is 0 Å². The third-order valence-electron chi connectivity index (χ3n) is 3.82. The highest BCUT2D eigenvalue weighted by Crippen LogP contribution is 2.30. The second-order valence-electron chi connectivity index (χ2n) is 5.00. The van der Waals surface area contributed by atoms with Crippen LogP contribution in [0.3, 0.4) is 0 Å². The Kier molecular flexibility index (Phi) is 3.47. The van der Waals surface area contributed by atoms with Crippen LogP contribution in [0.25, 0.3) is 0 Å². The minimum atomic E-state index is -0.307. The first-order valence-corrected chi connectivity index (χ1v) is 7.62. The van der Waals surface area contributed by atoms with Crippen molar-refractivity contribution in [3.8, 4) is 0 Å². The first-order valence-electron chi connectivity index (χ1n) is 6.54. The van der Waals surface area contributed by atoms with Crippen molar-refractivity contribution in [1.82, 2.24) is 10.2 Å². The summed E-state index contributed by atoms with van der Waals surface area (Å²) in [4.78, 5) is 26.3. The summed E-state index contributed by atoms with van der Waals surface area (Å²) in [5.41, 5.74) is 1.81.